The number of aryl methyl sites for hydroxylation is 2. The standard InChI is InChI=1S/C26H30F4N8O/c1-16-4-5-17(10-22(16)38(32)15-21(31)18-13-33-36(3)14-18)25(39)34-19-11-20(26(28,29)30)24(27)23(12-19)37-8-6-35(2)7-9-37/h4-5,10-15H,6-9,31-32H2,1-3H3,(H,34,39)/b21-15-. The average Bonchev–Trinajstić information content (AvgIpc) is 3.31. The summed E-state index contributed by atoms with van der Waals surface area (Å²) in [5.41, 5.74) is 6.59. The molecule has 0 atom stereocenters. The number of likely N-dealkylation sites (N-methyl/N-ethyl adjacent to an activating group) is 1. The Bertz CT molecular complexity index is 1390. The molecule has 1 aromatic heterocycles. The molecule has 0 aliphatic carbocycles. The predicted molar refractivity (Wildman–Crippen MR) is 142 cm³/mol. The zero-order valence-electron chi connectivity index (χ0n) is 21.8. The van der Waals surface area contributed by atoms with E-state index < -0.39 is 23.5 Å². The number of hydrazine groups is 1. The van der Waals surface area contributed by atoms with Gasteiger partial charge < -0.3 is 20.9 Å². The van der Waals surface area contributed by atoms with Crippen molar-refractivity contribution in [3.63, 3.8) is 0 Å². The molecule has 208 valence electrons. The fourth-order valence-electron chi connectivity index (χ4n) is 4.26. The van der Waals surface area contributed by atoms with Gasteiger partial charge in [-0.05, 0) is 43.8 Å². The number of alkyl halides is 3. The Morgan fingerprint density at radius 2 is 1.79 bits per heavy atom. The number of carbonyl (C=O) groups is 1. The quantitative estimate of drug-likeness (QED) is 0.247. The number of hydrogen-bond acceptors (Lipinski definition) is 7. The fourth-order valence-corrected chi connectivity index (χ4v) is 4.26. The van der Waals surface area contributed by atoms with Crippen LogP contribution in [0.3, 0.4) is 0 Å². The molecule has 39 heavy (non-hydrogen) atoms. The molecular weight excluding hydrogens is 516 g/mol. The van der Waals surface area contributed by atoms with Crippen LogP contribution in [0, 0.1) is 12.7 Å². The van der Waals surface area contributed by atoms with Gasteiger partial charge in [-0.1, -0.05) is 6.07 Å². The highest BCUT2D eigenvalue weighted by atomic mass is 19.4. The molecule has 9 nitrogen and oxygen atoms in total. The van der Waals surface area contributed by atoms with Gasteiger partial charge in [0, 0.05) is 62.4 Å². The maximum absolute atomic E-state index is 15.0. The van der Waals surface area contributed by atoms with Crippen molar-refractivity contribution in [2.24, 2.45) is 18.6 Å². The summed E-state index contributed by atoms with van der Waals surface area (Å²) in [5.74, 6) is 4.16. The number of halogens is 4. The smallest absolute Gasteiger partial charge is 0.397 e. The van der Waals surface area contributed by atoms with E-state index in [9.17, 15) is 22.4 Å². The van der Waals surface area contributed by atoms with Crippen LogP contribution in [0.1, 0.15) is 27.0 Å². The number of nitrogens with zero attached hydrogens (tertiary/aromatic N) is 5. The van der Waals surface area contributed by atoms with E-state index in [1.165, 1.54) is 29.4 Å². The van der Waals surface area contributed by atoms with Gasteiger partial charge in [0.1, 0.15) is 0 Å². The van der Waals surface area contributed by atoms with Crippen LogP contribution >= 0.6 is 0 Å². The SMILES string of the molecule is Cc1ccc(C(=O)Nc2cc(N3CCN(C)CC3)c(F)c(C(F)(F)F)c2)cc1N(N)/C=C(\N)c1cnn(C)c1. The second-order valence-corrected chi connectivity index (χ2v) is 9.49. The summed E-state index contributed by atoms with van der Waals surface area (Å²) in [6.45, 7) is 3.62. The van der Waals surface area contributed by atoms with E-state index in [0.717, 1.165) is 5.56 Å². The molecule has 1 saturated heterocycles. The van der Waals surface area contributed by atoms with Gasteiger partial charge >= 0.3 is 6.18 Å². The number of amides is 1. The minimum atomic E-state index is -4.94. The summed E-state index contributed by atoms with van der Waals surface area (Å²) in [7, 11) is 3.63. The monoisotopic (exact) mass is 546 g/mol. The van der Waals surface area contributed by atoms with E-state index in [-0.39, 0.29) is 16.9 Å². The maximum Gasteiger partial charge on any atom is 0.419 e. The molecule has 0 radical (unpaired) electrons. The average molecular weight is 547 g/mol. The Kier molecular flexibility index (Phi) is 7.84. The topological polar surface area (TPSA) is 109 Å². The first-order chi connectivity index (χ1) is 18.3. The number of piperazine rings is 1. The number of hydrogen-bond donors (Lipinski definition) is 3. The Labute approximate surface area is 223 Å². The van der Waals surface area contributed by atoms with Gasteiger partial charge in [0.05, 0.1) is 28.8 Å². The lowest BCUT2D eigenvalue weighted by Gasteiger charge is -2.34. The first-order valence-corrected chi connectivity index (χ1v) is 12.1. The molecule has 13 heteroatoms. The van der Waals surface area contributed by atoms with Gasteiger partial charge in [-0.25, -0.2) is 10.2 Å². The van der Waals surface area contributed by atoms with Crippen molar-refractivity contribution in [3.8, 4) is 0 Å². The van der Waals surface area contributed by atoms with Gasteiger partial charge in [-0.3, -0.25) is 14.5 Å². The van der Waals surface area contributed by atoms with Crippen molar-refractivity contribution in [2.45, 2.75) is 13.1 Å². The first-order valence-electron chi connectivity index (χ1n) is 12.1. The first kappa shape index (κ1) is 27.9. The van der Waals surface area contributed by atoms with Crippen molar-refractivity contribution < 1.29 is 22.4 Å². The van der Waals surface area contributed by atoms with Crippen LogP contribution in [0.15, 0.2) is 48.9 Å². The molecule has 1 aliphatic rings. The summed E-state index contributed by atoms with van der Waals surface area (Å²) >= 11 is 0. The third kappa shape index (κ3) is 6.32. The zero-order valence-corrected chi connectivity index (χ0v) is 21.8. The molecule has 1 aliphatic heterocycles. The normalized spacial score (nSPS) is 15.0. The zero-order chi connectivity index (χ0) is 28.5. The Balaban J connectivity index is 1.62. The molecule has 1 fully saturated rings. The van der Waals surface area contributed by atoms with Crippen LogP contribution in [0.25, 0.3) is 5.70 Å². The fraction of sp³-hybridized carbons (Fsp3) is 0.308. The van der Waals surface area contributed by atoms with Crippen LogP contribution in [-0.2, 0) is 13.2 Å². The highest BCUT2D eigenvalue weighted by Crippen LogP contribution is 2.38. The van der Waals surface area contributed by atoms with E-state index in [0.29, 0.717) is 49.2 Å². The van der Waals surface area contributed by atoms with Crippen LogP contribution in [0.2, 0.25) is 0 Å². The molecule has 0 bridgehead atoms. The predicted octanol–water partition coefficient (Wildman–Crippen LogP) is 3.53. The molecule has 4 rings (SSSR count). The number of nitrogens with two attached hydrogens (primary N) is 2. The molecular formula is C26H30F4N8O. The minimum Gasteiger partial charge on any atom is -0.397 e. The van der Waals surface area contributed by atoms with Crippen LogP contribution in [0.4, 0.5) is 34.6 Å². The second-order valence-electron chi connectivity index (χ2n) is 9.49. The number of anilines is 3. The lowest BCUT2D eigenvalue weighted by atomic mass is 10.1. The Hall–Kier alpha value is -4.10. The molecule has 1 amide bonds. The Morgan fingerprint density at radius 3 is 2.41 bits per heavy atom. The highest BCUT2D eigenvalue weighted by molar-refractivity contribution is 6.05. The van der Waals surface area contributed by atoms with Crippen molar-refractivity contribution in [1.82, 2.24) is 14.7 Å². The molecule has 0 spiro atoms. The number of carbonyl (C=O) groups excluding carboxylic acids is 1. The van der Waals surface area contributed by atoms with E-state index in [1.54, 1.807) is 42.0 Å². The Morgan fingerprint density at radius 1 is 1.10 bits per heavy atom. The van der Waals surface area contributed by atoms with Gasteiger partial charge in [0.25, 0.3) is 5.91 Å². The summed E-state index contributed by atoms with van der Waals surface area (Å²) in [6, 6.07) is 6.50. The van der Waals surface area contributed by atoms with Crippen LogP contribution in [-0.4, -0.2) is 53.8 Å². The van der Waals surface area contributed by atoms with E-state index in [2.05, 4.69) is 10.4 Å². The van der Waals surface area contributed by atoms with Crippen molar-refractivity contribution in [2.75, 3.05) is 48.5 Å². The van der Waals surface area contributed by atoms with Crippen LogP contribution < -0.4 is 26.8 Å². The van der Waals surface area contributed by atoms with Gasteiger partial charge in [0.2, 0.25) is 0 Å². The highest BCUT2D eigenvalue weighted by Gasteiger charge is 2.37. The van der Waals surface area contributed by atoms with Crippen molar-refractivity contribution >= 4 is 28.7 Å². The molecule has 5 N–H and O–H groups in total. The minimum absolute atomic E-state index is 0.137. The molecule has 2 aromatic carbocycles. The molecule has 3 aromatic rings. The number of rotatable bonds is 6. The van der Waals surface area contributed by atoms with Crippen molar-refractivity contribution in [1.29, 1.82) is 0 Å². The van der Waals surface area contributed by atoms with Gasteiger partial charge in [-0.2, -0.15) is 18.3 Å². The van der Waals surface area contributed by atoms with Crippen LogP contribution in [0.5, 0.6) is 0 Å². The largest absolute Gasteiger partial charge is 0.419 e. The third-order valence-electron chi connectivity index (χ3n) is 6.53. The third-order valence-corrected chi connectivity index (χ3v) is 6.53. The lowest BCUT2D eigenvalue weighted by molar-refractivity contribution is -0.139. The second kappa shape index (κ2) is 10.9. The summed E-state index contributed by atoms with van der Waals surface area (Å²) in [5, 5.41) is 7.80. The number of benzene rings is 2. The number of aromatic nitrogens is 2. The van der Waals surface area contributed by atoms with E-state index in [1.807, 2.05) is 11.9 Å². The summed E-state index contributed by atoms with van der Waals surface area (Å²) in [4.78, 5) is 16.7. The number of nitrogens with one attached hydrogen (secondary N) is 1. The summed E-state index contributed by atoms with van der Waals surface area (Å²) in [6.07, 6.45) is -0.182. The summed E-state index contributed by atoms with van der Waals surface area (Å²) < 4.78 is 57.6. The van der Waals surface area contributed by atoms with Gasteiger partial charge in [-0.15, -0.1) is 0 Å². The van der Waals surface area contributed by atoms with E-state index in [4.69, 9.17) is 11.6 Å². The van der Waals surface area contributed by atoms with Gasteiger partial charge in [0.15, 0.2) is 5.82 Å². The lowest BCUT2D eigenvalue weighted by Crippen LogP contribution is -2.45. The molecule has 0 saturated carbocycles. The molecule has 0 unspecified atom stereocenters. The van der Waals surface area contributed by atoms with E-state index >= 15 is 0 Å². The van der Waals surface area contributed by atoms with Crippen molar-refractivity contribution in [3.05, 3.63) is 77.0 Å². The molecule has 2 heterocycles. The maximum atomic E-state index is 15.0.